The Kier molecular flexibility index (Phi) is 5.24. The van der Waals surface area contributed by atoms with Crippen LogP contribution in [0.25, 0.3) is 0 Å². The fraction of sp³-hybridized carbons (Fsp3) is 0.857. The second-order valence-electron chi connectivity index (χ2n) is 2.59. The number of carbonyl (C=O) groups excluding carboxylic acids is 1. The third-order valence-corrected chi connectivity index (χ3v) is 1.80. The Morgan fingerprint density at radius 2 is 2.36 bits per heavy atom. The van der Waals surface area contributed by atoms with Crippen molar-refractivity contribution in [1.82, 2.24) is 10.2 Å². The van der Waals surface area contributed by atoms with Gasteiger partial charge in [-0.25, -0.2) is 0 Å². The predicted octanol–water partition coefficient (Wildman–Crippen LogP) is 0.250. The summed E-state index contributed by atoms with van der Waals surface area (Å²) in [6.45, 7) is 2.74. The van der Waals surface area contributed by atoms with Crippen molar-refractivity contribution in [1.29, 1.82) is 0 Å². The van der Waals surface area contributed by atoms with Gasteiger partial charge in [0.2, 0.25) is 5.91 Å². The molecule has 0 saturated carbocycles. The Labute approximate surface area is 73.5 Å². The highest BCUT2D eigenvalue weighted by Gasteiger charge is 2.18. The molecule has 1 aliphatic heterocycles. The first-order chi connectivity index (χ1) is 4.84. The number of nitrogens with one attached hydrogen (secondary N) is 1. The fourth-order valence-electron chi connectivity index (χ4n) is 1.19. The van der Waals surface area contributed by atoms with Crippen molar-refractivity contribution >= 4 is 18.3 Å². The molecule has 0 aliphatic carbocycles. The van der Waals surface area contributed by atoms with E-state index in [-0.39, 0.29) is 12.4 Å². The normalized spacial score (nSPS) is 16.8. The van der Waals surface area contributed by atoms with Gasteiger partial charge < -0.3 is 10.2 Å². The Morgan fingerprint density at radius 3 is 2.82 bits per heavy atom. The molecule has 1 aliphatic rings. The molecular weight excluding hydrogens is 164 g/mol. The molecule has 1 N–H and O–H groups in total. The molecule has 0 spiro atoms. The number of carbonyl (C=O) groups is 1. The van der Waals surface area contributed by atoms with Gasteiger partial charge in [-0.1, -0.05) is 0 Å². The zero-order chi connectivity index (χ0) is 7.40. The molecule has 4 heteroatoms. The molecule has 0 atom stereocenters. The van der Waals surface area contributed by atoms with Crippen LogP contribution in [-0.4, -0.2) is 37.5 Å². The average molecular weight is 179 g/mol. The quantitative estimate of drug-likeness (QED) is 0.672. The highest BCUT2D eigenvalue weighted by molar-refractivity contribution is 5.85. The zero-order valence-electron chi connectivity index (χ0n) is 6.80. The van der Waals surface area contributed by atoms with Crippen molar-refractivity contribution in [2.45, 2.75) is 12.8 Å². The first-order valence-electron chi connectivity index (χ1n) is 3.77. The van der Waals surface area contributed by atoms with Gasteiger partial charge in [0, 0.05) is 26.1 Å². The lowest BCUT2D eigenvalue weighted by Gasteiger charge is -2.14. The van der Waals surface area contributed by atoms with Crippen LogP contribution < -0.4 is 5.32 Å². The van der Waals surface area contributed by atoms with Gasteiger partial charge >= 0.3 is 0 Å². The summed E-state index contributed by atoms with van der Waals surface area (Å²) in [5.74, 6) is 0.315. The number of likely N-dealkylation sites (N-methyl/N-ethyl adjacent to an activating group) is 1. The van der Waals surface area contributed by atoms with Crippen LogP contribution in [0.4, 0.5) is 0 Å². The van der Waals surface area contributed by atoms with E-state index < -0.39 is 0 Å². The van der Waals surface area contributed by atoms with Crippen LogP contribution in [0.15, 0.2) is 0 Å². The minimum absolute atomic E-state index is 0. The molecule has 1 rings (SSSR count). The summed E-state index contributed by atoms with van der Waals surface area (Å²) in [6.07, 6.45) is 1.80. The van der Waals surface area contributed by atoms with Gasteiger partial charge in [-0.2, -0.15) is 0 Å². The number of nitrogens with zero attached hydrogens (tertiary/aromatic N) is 1. The smallest absolute Gasteiger partial charge is 0.222 e. The van der Waals surface area contributed by atoms with Gasteiger partial charge in [0.05, 0.1) is 0 Å². The molecular formula is C7H15ClN2O. The van der Waals surface area contributed by atoms with Crippen LogP contribution in [-0.2, 0) is 4.79 Å². The van der Waals surface area contributed by atoms with Gasteiger partial charge in [-0.3, -0.25) is 4.79 Å². The summed E-state index contributed by atoms with van der Waals surface area (Å²) >= 11 is 0. The molecule has 0 aromatic carbocycles. The summed E-state index contributed by atoms with van der Waals surface area (Å²) in [5, 5.41) is 3.02. The first-order valence-corrected chi connectivity index (χ1v) is 3.77. The fourth-order valence-corrected chi connectivity index (χ4v) is 1.19. The molecule has 1 saturated heterocycles. The van der Waals surface area contributed by atoms with Crippen molar-refractivity contribution in [2.75, 3.05) is 26.7 Å². The Balaban J connectivity index is 0.000001000. The van der Waals surface area contributed by atoms with Crippen LogP contribution in [0.2, 0.25) is 0 Å². The number of hydrogen-bond acceptors (Lipinski definition) is 2. The Bertz CT molecular complexity index is 130. The van der Waals surface area contributed by atoms with E-state index in [1.807, 2.05) is 11.9 Å². The molecule has 66 valence electrons. The monoisotopic (exact) mass is 178 g/mol. The number of amides is 1. The van der Waals surface area contributed by atoms with Crippen LogP contribution in [0.1, 0.15) is 12.8 Å². The molecule has 1 fully saturated rings. The van der Waals surface area contributed by atoms with E-state index in [1.54, 1.807) is 0 Å². The zero-order valence-corrected chi connectivity index (χ0v) is 7.62. The van der Waals surface area contributed by atoms with E-state index in [1.165, 1.54) is 0 Å². The van der Waals surface area contributed by atoms with Crippen molar-refractivity contribution in [2.24, 2.45) is 0 Å². The molecule has 3 nitrogen and oxygen atoms in total. The van der Waals surface area contributed by atoms with Gasteiger partial charge in [0.25, 0.3) is 0 Å². The van der Waals surface area contributed by atoms with Crippen molar-refractivity contribution in [3.63, 3.8) is 0 Å². The van der Waals surface area contributed by atoms with Crippen LogP contribution >= 0.6 is 12.4 Å². The molecule has 0 aromatic rings. The molecule has 11 heavy (non-hydrogen) atoms. The Hall–Kier alpha value is -0.280. The van der Waals surface area contributed by atoms with Crippen molar-refractivity contribution in [3.8, 4) is 0 Å². The third-order valence-electron chi connectivity index (χ3n) is 1.80. The molecule has 0 aromatic heterocycles. The summed E-state index contributed by atoms with van der Waals surface area (Å²) in [5.41, 5.74) is 0. The second kappa shape index (κ2) is 5.38. The second-order valence-corrected chi connectivity index (χ2v) is 2.59. The maximum absolute atomic E-state index is 11.0. The summed E-state index contributed by atoms with van der Waals surface area (Å²) in [4.78, 5) is 12.9. The summed E-state index contributed by atoms with van der Waals surface area (Å²) < 4.78 is 0. The lowest BCUT2D eigenvalue weighted by Crippen LogP contribution is -2.31. The minimum Gasteiger partial charge on any atom is -0.341 e. The summed E-state index contributed by atoms with van der Waals surface area (Å²) in [7, 11) is 1.90. The number of rotatable bonds is 3. The number of likely N-dealkylation sites (tertiary alicyclic amines) is 1. The van der Waals surface area contributed by atoms with Gasteiger partial charge in [-0.15, -0.1) is 12.4 Å². The molecule has 0 unspecified atom stereocenters. The minimum atomic E-state index is 0. The van der Waals surface area contributed by atoms with E-state index in [0.29, 0.717) is 5.91 Å². The lowest BCUT2D eigenvalue weighted by molar-refractivity contribution is -0.127. The van der Waals surface area contributed by atoms with Gasteiger partial charge in [0.15, 0.2) is 0 Å². The predicted molar refractivity (Wildman–Crippen MR) is 47.0 cm³/mol. The Morgan fingerprint density at radius 1 is 1.64 bits per heavy atom. The highest BCUT2D eigenvalue weighted by atomic mass is 35.5. The van der Waals surface area contributed by atoms with E-state index >= 15 is 0 Å². The van der Waals surface area contributed by atoms with E-state index in [0.717, 1.165) is 32.5 Å². The van der Waals surface area contributed by atoms with Crippen LogP contribution in [0, 0.1) is 0 Å². The third kappa shape index (κ3) is 3.08. The van der Waals surface area contributed by atoms with Gasteiger partial charge in [-0.05, 0) is 13.5 Å². The average Bonchev–Trinajstić information content (AvgIpc) is 2.31. The van der Waals surface area contributed by atoms with Crippen LogP contribution in [0.3, 0.4) is 0 Å². The largest absolute Gasteiger partial charge is 0.341 e. The SMILES string of the molecule is CNCCN1CCCC1=O.Cl. The molecule has 1 amide bonds. The molecule has 0 radical (unpaired) electrons. The van der Waals surface area contributed by atoms with Crippen molar-refractivity contribution in [3.05, 3.63) is 0 Å². The highest BCUT2D eigenvalue weighted by Crippen LogP contribution is 2.07. The van der Waals surface area contributed by atoms with E-state index in [4.69, 9.17) is 0 Å². The van der Waals surface area contributed by atoms with E-state index in [9.17, 15) is 4.79 Å². The van der Waals surface area contributed by atoms with Gasteiger partial charge in [0.1, 0.15) is 0 Å². The topological polar surface area (TPSA) is 32.3 Å². The van der Waals surface area contributed by atoms with E-state index in [2.05, 4.69) is 5.32 Å². The maximum Gasteiger partial charge on any atom is 0.222 e. The summed E-state index contributed by atoms with van der Waals surface area (Å²) in [6, 6.07) is 0. The maximum atomic E-state index is 11.0. The molecule has 0 bridgehead atoms. The molecule has 1 heterocycles. The number of hydrogen-bond donors (Lipinski definition) is 1. The first kappa shape index (κ1) is 10.7. The lowest BCUT2D eigenvalue weighted by atomic mass is 10.4. The number of halogens is 1. The van der Waals surface area contributed by atoms with Crippen LogP contribution in [0.5, 0.6) is 0 Å². The van der Waals surface area contributed by atoms with Crippen molar-refractivity contribution < 1.29 is 4.79 Å². The standard InChI is InChI=1S/C7H14N2O.ClH/c1-8-4-6-9-5-2-3-7(9)10;/h8H,2-6H2,1H3;1H.